The van der Waals surface area contributed by atoms with Crippen molar-refractivity contribution in [2.75, 3.05) is 41.9 Å². The first-order chi connectivity index (χ1) is 10.6. The van der Waals surface area contributed by atoms with Gasteiger partial charge in [0.15, 0.2) is 0 Å². The Bertz CT molecular complexity index is 683. The Morgan fingerprint density at radius 2 is 1.91 bits per heavy atom. The van der Waals surface area contributed by atoms with Crippen molar-refractivity contribution >= 4 is 22.9 Å². The molecule has 0 spiro atoms. The number of likely N-dealkylation sites (N-methyl/N-ethyl adjacent to an activating group) is 1. The molecule has 0 unspecified atom stereocenters. The van der Waals surface area contributed by atoms with E-state index in [-0.39, 0.29) is 6.61 Å². The molecule has 0 saturated heterocycles. The van der Waals surface area contributed by atoms with Crippen molar-refractivity contribution in [3.8, 4) is 0 Å². The standard InChI is InChI=1S/C17H20N4O/c1-13-20(3)15-6-4-5-7-16(15)21(13)14-8-9-17(18-12-14)19(2)10-11-22/h4-9,12,22H,1,10-11H2,2-3H3. The smallest absolute Gasteiger partial charge is 0.128 e. The van der Waals surface area contributed by atoms with Gasteiger partial charge in [0, 0.05) is 20.6 Å². The molecule has 0 bridgehead atoms. The summed E-state index contributed by atoms with van der Waals surface area (Å²) >= 11 is 0. The maximum absolute atomic E-state index is 9.00. The molecule has 3 rings (SSSR count). The first kappa shape index (κ1) is 14.4. The van der Waals surface area contributed by atoms with E-state index in [0.717, 1.165) is 28.7 Å². The predicted molar refractivity (Wildman–Crippen MR) is 90.7 cm³/mol. The number of aromatic nitrogens is 1. The van der Waals surface area contributed by atoms with E-state index in [0.29, 0.717) is 6.54 Å². The van der Waals surface area contributed by atoms with Crippen molar-refractivity contribution in [1.29, 1.82) is 0 Å². The first-order valence-corrected chi connectivity index (χ1v) is 7.23. The van der Waals surface area contributed by atoms with Crippen LogP contribution >= 0.6 is 0 Å². The van der Waals surface area contributed by atoms with Crippen LogP contribution in [-0.2, 0) is 0 Å². The zero-order valence-corrected chi connectivity index (χ0v) is 12.9. The van der Waals surface area contributed by atoms with Gasteiger partial charge in [-0.15, -0.1) is 0 Å². The number of pyridine rings is 1. The van der Waals surface area contributed by atoms with Crippen LogP contribution in [0.25, 0.3) is 0 Å². The van der Waals surface area contributed by atoms with E-state index in [9.17, 15) is 0 Å². The van der Waals surface area contributed by atoms with Crippen LogP contribution in [0.3, 0.4) is 0 Å². The fraction of sp³-hybridized carbons (Fsp3) is 0.235. The van der Waals surface area contributed by atoms with Crippen LogP contribution in [-0.4, -0.2) is 37.3 Å². The van der Waals surface area contributed by atoms with Gasteiger partial charge in [-0.25, -0.2) is 4.98 Å². The molecular weight excluding hydrogens is 276 g/mol. The molecule has 2 aromatic rings. The van der Waals surface area contributed by atoms with Crippen molar-refractivity contribution in [2.24, 2.45) is 0 Å². The highest BCUT2D eigenvalue weighted by atomic mass is 16.3. The van der Waals surface area contributed by atoms with Gasteiger partial charge in [0.25, 0.3) is 0 Å². The normalized spacial score (nSPS) is 13.5. The molecule has 22 heavy (non-hydrogen) atoms. The van der Waals surface area contributed by atoms with Crippen LogP contribution in [0.15, 0.2) is 55.0 Å². The number of hydrogen-bond donors (Lipinski definition) is 1. The summed E-state index contributed by atoms with van der Waals surface area (Å²) in [6.07, 6.45) is 1.84. The maximum Gasteiger partial charge on any atom is 0.128 e. The van der Waals surface area contributed by atoms with Gasteiger partial charge in [0.2, 0.25) is 0 Å². The Labute approximate surface area is 130 Å². The predicted octanol–water partition coefficient (Wildman–Crippen LogP) is 2.57. The number of benzene rings is 1. The van der Waals surface area contributed by atoms with Gasteiger partial charge in [-0.1, -0.05) is 18.7 Å². The van der Waals surface area contributed by atoms with E-state index < -0.39 is 0 Å². The van der Waals surface area contributed by atoms with E-state index in [1.807, 2.05) is 49.5 Å². The van der Waals surface area contributed by atoms with Crippen molar-refractivity contribution in [2.45, 2.75) is 0 Å². The van der Waals surface area contributed by atoms with Gasteiger partial charge >= 0.3 is 0 Å². The summed E-state index contributed by atoms with van der Waals surface area (Å²) in [5, 5.41) is 9.00. The van der Waals surface area contributed by atoms with Crippen LogP contribution in [0.1, 0.15) is 0 Å². The number of aliphatic hydroxyl groups excluding tert-OH is 1. The Kier molecular flexibility index (Phi) is 3.73. The Morgan fingerprint density at radius 1 is 1.18 bits per heavy atom. The molecular formula is C17H20N4O. The molecule has 2 heterocycles. The minimum absolute atomic E-state index is 0.112. The molecule has 0 radical (unpaired) electrons. The third kappa shape index (κ3) is 2.29. The summed E-state index contributed by atoms with van der Waals surface area (Å²) in [5.74, 6) is 1.74. The lowest BCUT2D eigenvalue weighted by atomic mass is 10.2. The van der Waals surface area contributed by atoms with E-state index in [1.165, 1.54) is 0 Å². The van der Waals surface area contributed by atoms with Gasteiger partial charge < -0.3 is 14.9 Å². The van der Waals surface area contributed by atoms with Crippen molar-refractivity contribution in [1.82, 2.24) is 4.98 Å². The summed E-state index contributed by atoms with van der Waals surface area (Å²) in [7, 11) is 3.92. The maximum atomic E-state index is 9.00. The number of nitrogens with zero attached hydrogens (tertiary/aromatic N) is 4. The molecule has 1 aromatic carbocycles. The van der Waals surface area contributed by atoms with Crippen molar-refractivity contribution in [3.63, 3.8) is 0 Å². The van der Waals surface area contributed by atoms with E-state index in [4.69, 9.17) is 5.11 Å². The molecule has 0 saturated carbocycles. The number of para-hydroxylation sites is 2. The minimum Gasteiger partial charge on any atom is -0.395 e. The van der Waals surface area contributed by atoms with Crippen LogP contribution in [0.4, 0.5) is 22.9 Å². The summed E-state index contributed by atoms with van der Waals surface area (Å²) in [6, 6.07) is 12.2. The molecule has 5 nitrogen and oxygen atoms in total. The lowest BCUT2D eigenvalue weighted by molar-refractivity contribution is 0.304. The monoisotopic (exact) mass is 296 g/mol. The molecule has 5 heteroatoms. The third-order valence-electron chi connectivity index (χ3n) is 3.95. The van der Waals surface area contributed by atoms with Gasteiger partial charge in [0.05, 0.1) is 29.9 Å². The van der Waals surface area contributed by atoms with E-state index in [1.54, 1.807) is 0 Å². The topological polar surface area (TPSA) is 42.8 Å². The lowest BCUT2D eigenvalue weighted by Crippen LogP contribution is -2.23. The number of aliphatic hydroxyl groups is 1. The van der Waals surface area contributed by atoms with Gasteiger partial charge in [-0.2, -0.15) is 0 Å². The van der Waals surface area contributed by atoms with Crippen molar-refractivity contribution < 1.29 is 5.11 Å². The zero-order valence-electron chi connectivity index (χ0n) is 12.9. The average molecular weight is 296 g/mol. The quantitative estimate of drug-likeness (QED) is 0.939. The number of hydrogen-bond acceptors (Lipinski definition) is 5. The summed E-state index contributed by atoms with van der Waals surface area (Å²) in [5.41, 5.74) is 3.21. The van der Waals surface area contributed by atoms with Crippen LogP contribution in [0.5, 0.6) is 0 Å². The zero-order chi connectivity index (χ0) is 15.7. The van der Waals surface area contributed by atoms with Gasteiger partial charge in [0.1, 0.15) is 11.6 Å². The molecule has 1 aliphatic heterocycles. The first-order valence-electron chi connectivity index (χ1n) is 7.23. The SMILES string of the molecule is C=C1N(C)c2ccccc2N1c1ccc(N(C)CCO)nc1. The molecule has 0 aliphatic carbocycles. The Balaban J connectivity index is 1.93. The van der Waals surface area contributed by atoms with Gasteiger partial charge in [-0.05, 0) is 24.3 Å². The van der Waals surface area contributed by atoms with E-state index >= 15 is 0 Å². The second kappa shape index (κ2) is 5.69. The highest BCUT2D eigenvalue weighted by molar-refractivity contribution is 5.87. The molecule has 0 atom stereocenters. The number of rotatable bonds is 4. The average Bonchev–Trinajstić information content (AvgIpc) is 2.80. The lowest BCUT2D eigenvalue weighted by Gasteiger charge is -2.23. The molecule has 1 aliphatic rings. The van der Waals surface area contributed by atoms with Crippen LogP contribution in [0, 0.1) is 0 Å². The molecule has 0 fully saturated rings. The molecule has 0 amide bonds. The second-order valence-corrected chi connectivity index (χ2v) is 5.32. The highest BCUT2D eigenvalue weighted by Gasteiger charge is 2.28. The fourth-order valence-corrected chi connectivity index (χ4v) is 2.65. The molecule has 1 N–H and O–H groups in total. The number of fused-ring (bicyclic) bond motifs is 1. The number of anilines is 4. The summed E-state index contributed by atoms with van der Waals surface area (Å²) in [6.45, 7) is 4.85. The Morgan fingerprint density at radius 3 is 2.55 bits per heavy atom. The van der Waals surface area contributed by atoms with Crippen LogP contribution in [0.2, 0.25) is 0 Å². The summed E-state index contributed by atoms with van der Waals surface area (Å²) in [4.78, 5) is 10.6. The van der Waals surface area contributed by atoms with Crippen LogP contribution < -0.4 is 14.7 Å². The highest BCUT2D eigenvalue weighted by Crippen LogP contribution is 2.44. The van der Waals surface area contributed by atoms with Gasteiger partial charge in [-0.3, -0.25) is 4.90 Å². The molecule has 1 aromatic heterocycles. The third-order valence-corrected chi connectivity index (χ3v) is 3.95. The fourth-order valence-electron chi connectivity index (χ4n) is 2.65. The van der Waals surface area contributed by atoms with Crippen molar-refractivity contribution in [3.05, 3.63) is 55.0 Å². The van der Waals surface area contributed by atoms with E-state index in [2.05, 4.69) is 33.5 Å². The second-order valence-electron chi connectivity index (χ2n) is 5.32. The Hall–Kier alpha value is -2.53. The largest absolute Gasteiger partial charge is 0.395 e. The molecule has 114 valence electrons. The minimum atomic E-state index is 0.112. The summed E-state index contributed by atoms with van der Waals surface area (Å²) < 4.78 is 0.